The van der Waals surface area contributed by atoms with Crippen molar-refractivity contribution in [1.82, 2.24) is 4.90 Å². The molecule has 0 aromatic heterocycles. The largest absolute Gasteiger partial charge is 0.380 e. The van der Waals surface area contributed by atoms with Gasteiger partial charge in [0.25, 0.3) is 0 Å². The SMILES string of the molecule is CS(=O)(=O)c1ccc(NC(=O)N2CC[C@@H](Nc3ccccc3)C2)cc1. The second-order valence-corrected chi connectivity index (χ2v) is 8.18. The maximum absolute atomic E-state index is 12.4. The average Bonchev–Trinajstić information content (AvgIpc) is 3.04. The van der Waals surface area contributed by atoms with Gasteiger partial charge in [0.15, 0.2) is 9.84 Å². The summed E-state index contributed by atoms with van der Waals surface area (Å²) in [7, 11) is -3.23. The third kappa shape index (κ3) is 4.51. The van der Waals surface area contributed by atoms with Crippen molar-refractivity contribution in [1.29, 1.82) is 0 Å². The number of anilines is 2. The number of para-hydroxylation sites is 1. The molecule has 2 N–H and O–H groups in total. The molecular weight excluding hydrogens is 338 g/mol. The summed E-state index contributed by atoms with van der Waals surface area (Å²) in [5, 5.41) is 6.24. The topological polar surface area (TPSA) is 78.5 Å². The molecule has 1 heterocycles. The van der Waals surface area contributed by atoms with E-state index in [2.05, 4.69) is 10.6 Å². The number of benzene rings is 2. The van der Waals surface area contributed by atoms with E-state index in [0.717, 1.165) is 18.4 Å². The Balaban J connectivity index is 1.55. The molecule has 25 heavy (non-hydrogen) atoms. The number of hydrogen-bond donors (Lipinski definition) is 2. The predicted molar refractivity (Wildman–Crippen MR) is 98.6 cm³/mol. The lowest BCUT2D eigenvalue weighted by Crippen LogP contribution is -2.34. The van der Waals surface area contributed by atoms with Gasteiger partial charge in [-0.1, -0.05) is 18.2 Å². The number of likely N-dealkylation sites (tertiary alicyclic amines) is 1. The molecule has 132 valence electrons. The van der Waals surface area contributed by atoms with Crippen LogP contribution in [0.25, 0.3) is 0 Å². The predicted octanol–water partition coefficient (Wildman–Crippen LogP) is 2.81. The van der Waals surface area contributed by atoms with Crippen molar-refractivity contribution in [3.63, 3.8) is 0 Å². The molecule has 1 saturated heterocycles. The lowest BCUT2D eigenvalue weighted by Gasteiger charge is -2.18. The number of urea groups is 1. The van der Waals surface area contributed by atoms with E-state index >= 15 is 0 Å². The molecule has 3 rings (SSSR count). The first kappa shape index (κ1) is 17.3. The number of carbonyl (C=O) groups is 1. The van der Waals surface area contributed by atoms with E-state index in [0.29, 0.717) is 18.8 Å². The molecule has 1 aliphatic heterocycles. The van der Waals surface area contributed by atoms with Gasteiger partial charge in [-0.3, -0.25) is 0 Å². The zero-order valence-electron chi connectivity index (χ0n) is 14.0. The smallest absolute Gasteiger partial charge is 0.321 e. The molecule has 0 aliphatic carbocycles. The summed E-state index contributed by atoms with van der Waals surface area (Å²) in [6.07, 6.45) is 2.04. The Bertz CT molecular complexity index is 836. The number of hydrogen-bond acceptors (Lipinski definition) is 4. The van der Waals surface area contributed by atoms with E-state index in [1.807, 2.05) is 30.3 Å². The monoisotopic (exact) mass is 359 g/mol. The van der Waals surface area contributed by atoms with Crippen LogP contribution in [-0.4, -0.2) is 44.7 Å². The molecule has 0 bridgehead atoms. The van der Waals surface area contributed by atoms with Crippen LogP contribution in [0.15, 0.2) is 59.5 Å². The first-order valence-corrected chi connectivity index (χ1v) is 9.98. The minimum atomic E-state index is -3.23. The normalized spacial score (nSPS) is 17.3. The molecular formula is C18H21N3O3S. The first-order chi connectivity index (χ1) is 11.9. The maximum atomic E-state index is 12.4. The second kappa shape index (κ2) is 7.14. The van der Waals surface area contributed by atoms with Gasteiger partial charge in [0.1, 0.15) is 0 Å². The molecule has 0 saturated carbocycles. The minimum absolute atomic E-state index is 0.176. The Morgan fingerprint density at radius 1 is 1.04 bits per heavy atom. The molecule has 2 aromatic carbocycles. The van der Waals surface area contributed by atoms with Gasteiger partial charge in [-0.15, -0.1) is 0 Å². The van der Waals surface area contributed by atoms with Gasteiger partial charge in [0, 0.05) is 36.8 Å². The van der Waals surface area contributed by atoms with Crippen molar-refractivity contribution >= 4 is 27.2 Å². The summed E-state index contributed by atoms with van der Waals surface area (Å²) in [6.45, 7) is 1.31. The lowest BCUT2D eigenvalue weighted by molar-refractivity contribution is 0.222. The van der Waals surface area contributed by atoms with Gasteiger partial charge in [-0.05, 0) is 42.8 Å². The fourth-order valence-corrected chi connectivity index (χ4v) is 3.45. The molecule has 1 fully saturated rings. The Hall–Kier alpha value is -2.54. The standard InChI is InChI=1S/C18H21N3O3S/c1-25(23,24)17-9-7-15(8-10-17)20-18(22)21-12-11-16(13-21)19-14-5-3-2-4-6-14/h2-10,16,19H,11-13H2,1H3,(H,20,22)/t16-/m1/s1. The number of nitrogens with one attached hydrogen (secondary N) is 2. The van der Waals surface area contributed by atoms with Crippen LogP contribution in [0.2, 0.25) is 0 Å². The summed E-state index contributed by atoms with van der Waals surface area (Å²) in [6, 6.07) is 16.2. The highest BCUT2D eigenvalue weighted by Crippen LogP contribution is 2.18. The van der Waals surface area contributed by atoms with Crippen LogP contribution in [0.5, 0.6) is 0 Å². The Morgan fingerprint density at radius 3 is 2.36 bits per heavy atom. The average molecular weight is 359 g/mol. The van der Waals surface area contributed by atoms with E-state index < -0.39 is 9.84 Å². The van der Waals surface area contributed by atoms with Crippen LogP contribution in [0.1, 0.15) is 6.42 Å². The van der Waals surface area contributed by atoms with Gasteiger partial charge in [-0.25, -0.2) is 13.2 Å². The lowest BCUT2D eigenvalue weighted by atomic mass is 10.2. The van der Waals surface area contributed by atoms with Gasteiger partial charge in [0.05, 0.1) is 4.90 Å². The first-order valence-electron chi connectivity index (χ1n) is 8.09. The molecule has 7 heteroatoms. The van der Waals surface area contributed by atoms with Crippen molar-refractivity contribution in [2.24, 2.45) is 0 Å². The number of carbonyl (C=O) groups excluding carboxylic acids is 1. The third-order valence-electron chi connectivity index (χ3n) is 4.15. The van der Waals surface area contributed by atoms with Crippen molar-refractivity contribution in [2.75, 3.05) is 30.0 Å². The van der Waals surface area contributed by atoms with Crippen molar-refractivity contribution in [3.8, 4) is 0 Å². The van der Waals surface area contributed by atoms with Crippen LogP contribution < -0.4 is 10.6 Å². The van der Waals surface area contributed by atoms with E-state index in [1.54, 1.807) is 17.0 Å². The molecule has 0 spiro atoms. The van der Waals surface area contributed by atoms with E-state index in [9.17, 15) is 13.2 Å². The van der Waals surface area contributed by atoms with E-state index in [1.165, 1.54) is 12.1 Å². The second-order valence-electron chi connectivity index (χ2n) is 6.17. The third-order valence-corrected chi connectivity index (χ3v) is 5.28. The van der Waals surface area contributed by atoms with E-state index in [4.69, 9.17) is 0 Å². The molecule has 6 nitrogen and oxygen atoms in total. The van der Waals surface area contributed by atoms with Crippen molar-refractivity contribution in [2.45, 2.75) is 17.4 Å². The number of nitrogens with zero attached hydrogens (tertiary/aromatic N) is 1. The molecule has 0 unspecified atom stereocenters. The van der Waals surface area contributed by atoms with Crippen molar-refractivity contribution < 1.29 is 13.2 Å². The van der Waals surface area contributed by atoms with Gasteiger partial charge in [-0.2, -0.15) is 0 Å². The number of amides is 2. The van der Waals surface area contributed by atoms with Crippen LogP contribution in [-0.2, 0) is 9.84 Å². The molecule has 2 amide bonds. The van der Waals surface area contributed by atoms with Crippen LogP contribution in [0.3, 0.4) is 0 Å². The van der Waals surface area contributed by atoms with Gasteiger partial charge < -0.3 is 15.5 Å². The summed E-state index contributed by atoms with van der Waals surface area (Å²) < 4.78 is 22.9. The summed E-state index contributed by atoms with van der Waals surface area (Å²) in [5.74, 6) is 0. The molecule has 2 aromatic rings. The van der Waals surface area contributed by atoms with Crippen LogP contribution in [0, 0.1) is 0 Å². The highest BCUT2D eigenvalue weighted by Gasteiger charge is 2.26. The summed E-state index contributed by atoms with van der Waals surface area (Å²) >= 11 is 0. The zero-order valence-corrected chi connectivity index (χ0v) is 14.8. The fraction of sp³-hybridized carbons (Fsp3) is 0.278. The quantitative estimate of drug-likeness (QED) is 0.880. The highest BCUT2D eigenvalue weighted by atomic mass is 32.2. The van der Waals surface area contributed by atoms with Gasteiger partial charge >= 0.3 is 6.03 Å². The summed E-state index contributed by atoms with van der Waals surface area (Å²) in [4.78, 5) is 14.4. The van der Waals surface area contributed by atoms with Gasteiger partial charge in [0.2, 0.25) is 0 Å². The Kier molecular flexibility index (Phi) is 4.94. The Labute approximate surface area is 147 Å². The minimum Gasteiger partial charge on any atom is -0.380 e. The highest BCUT2D eigenvalue weighted by molar-refractivity contribution is 7.90. The fourth-order valence-electron chi connectivity index (χ4n) is 2.82. The molecule has 0 radical (unpaired) electrons. The van der Waals surface area contributed by atoms with E-state index in [-0.39, 0.29) is 17.0 Å². The summed E-state index contributed by atoms with van der Waals surface area (Å²) in [5.41, 5.74) is 1.63. The van der Waals surface area contributed by atoms with Crippen LogP contribution >= 0.6 is 0 Å². The van der Waals surface area contributed by atoms with Crippen LogP contribution in [0.4, 0.5) is 16.2 Å². The number of rotatable bonds is 4. The zero-order chi connectivity index (χ0) is 17.9. The molecule has 1 aliphatic rings. The Morgan fingerprint density at radius 2 is 1.72 bits per heavy atom. The number of sulfone groups is 1. The maximum Gasteiger partial charge on any atom is 0.321 e. The van der Waals surface area contributed by atoms with Crippen molar-refractivity contribution in [3.05, 3.63) is 54.6 Å². The molecule has 1 atom stereocenters.